The molecule has 0 aliphatic heterocycles. The van der Waals surface area contributed by atoms with Crippen molar-refractivity contribution in [2.75, 3.05) is 0 Å². The van der Waals surface area contributed by atoms with Crippen molar-refractivity contribution in [3.05, 3.63) is 40.2 Å². The summed E-state index contributed by atoms with van der Waals surface area (Å²) in [5.41, 5.74) is -0.764. The van der Waals surface area contributed by atoms with Gasteiger partial charge in [0.2, 0.25) is 0 Å². The number of aromatic carboxylic acids is 1. The Bertz CT molecular complexity index is 600. The minimum Gasteiger partial charge on any atom is -0.477 e. The summed E-state index contributed by atoms with van der Waals surface area (Å²) in [6, 6.07) is 4.14. The predicted molar refractivity (Wildman–Crippen MR) is 64.1 cm³/mol. The fourth-order valence-electron chi connectivity index (χ4n) is 1.27. The fourth-order valence-corrected chi connectivity index (χ4v) is 2.81. The highest BCUT2D eigenvalue weighted by molar-refractivity contribution is 8.01. The molecule has 9 heteroatoms. The fraction of sp³-hybridized carbons (Fsp3) is 0. The third kappa shape index (κ3) is 2.46. The van der Waals surface area contributed by atoms with Gasteiger partial charge < -0.3 is 5.11 Å². The molecule has 2 aromatic rings. The molecule has 0 aliphatic rings. The van der Waals surface area contributed by atoms with Crippen LogP contribution in [-0.2, 0) is 0 Å². The average Bonchev–Trinajstić information content (AvgIpc) is 2.81. The first kappa shape index (κ1) is 12.5. The van der Waals surface area contributed by atoms with Crippen LogP contribution < -0.4 is 0 Å². The molecule has 1 heterocycles. The molecule has 18 heavy (non-hydrogen) atoms. The van der Waals surface area contributed by atoms with Gasteiger partial charge in [0.15, 0.2) is 4.34 Å². The normalized spacial score (nSPS) is 10.2. The topological polar surface area (TPSA) is 106 Å². The number of benzene rings is 1. The molecule has 0 saturated heterocycles. The van der Waals surface area contributed by atoms with Crippen LogP contribution in [0.3, 0.4) is 0 Å². The number of aromatic nitrogens is 2. The van der Waals surface area contributed by atoms with Crippen LogP contribution in [0.2, 0.25) is 0 Å². The predicted octanol–water partition coefficient (Wildman–Crippen LogP) is 2.30. The molecule has 2 rings (SSSR count). The third-order valence-corrected chi connectivity index (χ3v) is 3.71. The van der Waals surface area contributed by atoms with E-state index in [4.69, 9.17) is 5.11 Å². The molecule has 0 atom stereocenters. The van der Waals surface area contributed by atoms with Crippen molar-refractivity contribution >= 4 is 35.0 Å². The molecule has 0 saturated carbocycles. The van der Waals surface area contributed by atoms with E-state index in [1.54, 1.807) is 0 Å². The molecular formula is C9H5N3O4S2. The Morgan fingerprint density at radius 1 is 1.50 bits per heavy atom. The number of carbonyl (C=O) groups is 1. The maximum Gasteiger partial charge on any atom is 0.342 e. The van der Waals surface area contributed by atoms with Crippen molar-refractivity contribution in [2.24, 2.45) is 0 Å². The Labute approximate surface area is 109 Å². The molecule has 0 unspecified atom stereocenters. The number of nitro benzene ring substituents is 1. The number of hydrogen-bond acceptors (Lipinski definition) is 7. The molecule has 0 spiro atoms. The molecule has 0 radical (unpaired) electrons. The largest absolute Gasteiger partial charge is 0.477 e. The molecule has 92 valence electrons. The van der Waals surface area contributed by atoms with Crippen LogP contribution in [0.15, 0.2) is 33.8 Å². The maximum atomic E-state index is 11.0. The monoisotopic (exact) mass is 283 g/mol. The van der Waals surface area contributed by atoms with Gasteiger partial charge in [0.1, 0.15) is 11.9 Å². The van der Waals surface area contributed by atoms with Gasteiger partial charge in [0, 0.05) is 0 Å². The highest BCUT2D eigenvalue weighted by Gasteiger charge is 2.25. The van der Waals surface area contributed by atoms with E-state index in [0.717, 1.165) is 23.3 Å². The summed E-state index contributed by atoms with van der Waals surface area (Å²) in [4.78, 5) is 25.3. The van der Waals surface area contributed by atoms with E-state index in [-0.39, 0.29) is 10.5 Å². The summed E-state index contributed by atoms with van der Waals surface area (Å²) < 4.78 is 4.29. The molecular weight excluding hydrogens is 278 g/mol. The van der Waals surface area contributed by atoms with Gasteiger partial charge in [-0.1, -0.05) is 17.8 Å². The second-order valence-corrected chi connectivity index (χ2v) is 5.09. The number of carboxylic acid groups (broad SMARTS) is 1. The van der Waals surface area contributed by atoms with Crippen LogP contribution in [-0.4, -0.2) is 25.4 Å². The second kappa shape index (κ2) is 5.10. The molecule has 1 N–H and O–H groups in total. The zero-order valence-electron chi connectivity index (χ0n) is 8.64. The van der Waals surface area contributed by atoms with E-state index in [1.807, 2.05) is 0 Å². The Morgan fingerprint density at radius 3 is 2.83 bits per heavy atom. The first-order chi connectivity index (χ1) is 8.59. The smallest absolute Gasteiger partial charge is 0.342 e. The lowest BCUT2D eigenvalue weighted by atomic mass is 10.2. The zero-order chi connectivity index (χ0) is 13.1. The Balaban J connectivity index is 2.49. The summed E-state index contributed by atoms with van der Waals surface area (Å²) in [6.45, 7) is 0. The first-order valence-corrected chi connectivity index (χ1v) is 6.14. The van der Waals surface area contributed by atoms with Crippen molar-refractivity contribution < 1.29 is 14.8 Å². The number of carboxylic acids is 1. The van der Waals surface area contributed by atoms with Crippen LogP contribution in [0.5, 0.6) is 0 Å². The Morgan fingerprint density at radius 2 is 2.28 bits per heavy atom. The minimum absolute atomic E-state index is 0.233. The van der Waals surface area contributed by atoms with Gasteiger partial charge in [0.05, 0.1) is 9.82 Å². The Hall–Kier alpha value is -2.00. The van der Waals surface area contributed by atoms with Crippen LogP contribution >= 0.6 is 23.3 Å². The van der Waals surface area contributed by atoms with E-state index in [2.05, 4.69) is 9.36 Å². The van der Waals surface area contributed by atoms with E-state index in [9.17, 15) is 14.9 Å². The minimum atomic E-state index is -1.33. The summed E-state index contributed by atoms with van der Waals surface area (Å²) in [5.74, 6) is -1.33. The van der Waals surface area contributed by atoms with Gasteiger partial charge in [-0.05, 0) is 23.7 Å². The van der Waals surface area contributed by atoms with Crippen LogP contribution in [0.4, 0.5) is 5.69 Å². The molecule has 1 aromatic carbocycles. The van der Waals surface area contributed by atoms with Crippen LogP contribution in [0, 0.1) is 10.1 Å². The molecule has 0 bridgehead atoms. The standard InChI is InChI=1S/C9H5N3O4S2/c13-8(14)5-2-1-3-6(7(5)12(15)16)17-9-10-4-11-18-9/h1-4H,(H,13,14). The van der Waals surface area contributed by atoms with E-state index in [1.165, 1.54) is 24.5 Å². The van der Waals surface area contributed by atoms with Crippen molar-refractivity contribution in [3.63, 3.8) is 0 Å². The number of para-hydroxylation sites is 1. The summed E-state index contributed by atoms with van der Waals surface area (Å²) in [6.07, 6.45) is 1.33. The summed E-state index contributed by atoms with van der Waals surface area (Å²) in [5, 5.41) is 19.9. The van der Waals surface area contributed by atoms with Gasteiger partial charge >= 0.3 is 5.97 Å². The van der Waals surface area contributed by atoms with Gasteiger partial charge in [-0.25, -0.2) is 9.78 Å². The lowest BCUT2D eigenvalue weighted by Gasteiger charge is -2.02. The van der Waals surface area contributed by atoms with E-state index >= 15 is 0 Å². The van der Waals surface area contributed by atoms with Gasteiger partial charge in [-0.3, -0.25) is 10.1 Å². The molecule has 7 nitrogen and oxygen atoms in total. The van der Waals surface area contributed by atoms with Gasteiger partial charge in [-0.15, -0.1) is 0 Å². The van der Waals surface area contributed by atoms with Crippen molar-refractivity contribution in [3.8, 4) is 0 Å². The van der Waals surface area contributed by atoms with Crippen molar-refractivity contribution in [2.45, 2.75) is 9.24 Å². The molecule has 0 aliphatic carbocycles. The van der Waals surface area contributed by atoms with Crippen molar-refractivity contribution in [1.82, 2.24) is 9.36 Å². The lowest BCUT2D eigenvalue weighted by molar-refractivity contribution is -0.388. The average molecular weight is 283 g/mol. The second-order valence-electron chi connectivity index (χ2n) is 3.02. The first-order valence-electron chi connectivity index (χ1n) is 4.55. The molecule has 0 fully saturated rings. The van der Waals surface area contributed by atoms with Gasteiger partial charge in [0.25, 0.3) is 5.69 Å². The maximum absolute atomic E-state index is 11.0. The SMILES string of the molecule is O=C(O)c1cccc(Sc2ncns2)c1[N+](=O)[O-]. The lowest BCUT2D eigenvalue weighted by Crippen LogP contribution is -2.03. The number of rotatable bonds is 4. The molecule has 1 aromatic heterocycles. The number of nitrogens with zero attached hydrogens (tertiary/aromatic N) is 3. The molecule has 0 amide bonds. The summed E-state index contributed by atoms with van der Waals surface area (Å²) >= 11 is 2.10. The van der Waals surface area contributed by atoms with Crippen molar-refractivity contribution in [1.29, 1.82) is 0 Å². The van der Waals surface area contributed by atoms with E-state index < -0.39 is 16.6 Å². The van der Waals surface area contributed by atoms with Gasteiger partial charge in [-0.2, -0.15) is 4.37 Å². The highest BCUT2D eigenvalue weighted by atomic mass is 32.2. The Kier molecular flexibility index (Phi) is 3.53. The van der Waals surface area contributed by atoms with Crippen LogP contribution in [0.25, 0.3) is 0 Å². The number of hydrogen-bond donors (Lipinski definition) is 1. The third-order valence-electron chi connectivity index (χ3n) is 1.95. The van der Waals surface area contributed by atoms with Crippen LogP contribution in [0.1, 0.15) is 10.4 Å². The van der Waals surface area contributed by atoms with E-state index in [0.29, 0.717) is 4.34 Å². The quantitative estimate of drug-likeness (QED) is 0.677. The number of nitro groups is 1. The summed E-state index contributed by atoms with van der Waals surface area (Å²) in [7, 11) is 0. The highest BCUT2D eigenvalue weighted by Crippen LogP contribution is 2.37. The zero-order valence-corrected chi connectivity index (χ0v) is 10.3.